The molecule has 1 aliphatic carbocycles. The van der Waals surface area contributed by atoms with Gasteiger partial charge in [-0.1, -0.05) is 35.4 Å². The predicted molar refractivity (Wildman–Crippen MR) is 123 cm³/mol. The predicted octanol–water partition coefficient (Wildman–Crippen LogP) is 3.36. The standard InChI is InChI=1S/C23H28N2O6S2/c1-16-3-5-20(32(26,27)28)18(11-16)13-22(7-9-23(25,15-24)10-8-22)14-19-12-17(2)4-6-21(19)33(29,30)31/h3-6,11-12H,7-10,13-14,25H2,1-2H3,(H,26,27,28)(H,29,30,31). The number of benzene rings is 2. The van der Waals surface area contributed by atoms with Crippen LogP contribution in [0.2, 0.25) is 0 Å². The molecule has 2 aromatic carbocycles. The molecule has 0 atom stereocenters. The molecule has 0 spiro atoms. The van der Waals surface area contributed by atoms with Crippen molar-refractivity contribution in [1.29, 1.82) is 5.26 Å². The molecule has 4 N–H and O–H groups in total. The first-order valence-electron chi connectivity index (χ1n) is 10.5. The fourth-order valence-electron chi connectivity index (χ4n) is 4.76. The van der Waals surface area contributed by atoms with Crippen molar-refractivity contribution < 1.29 is 25.9 Å². The second-order valence-electron chi connectivity index (χ2n) is 9.29. The molecule has 10 heteroatoms. The molecule has 0 saturated heterocycles. The van der Waals surface area contributed by atoms with Crippen LogP contribution in [0.4, 0.5) is 0 Å². The van der Waals surface area contributed by atoms with Crippen LogP contribution in [0.15, 0.2) is 46.2 Å². The molecule has 0 aromatic heterocycles. The van der Waals surface area contributed by atoms with Gasteiger partial charge in [0.05, 0.1) is 15.9 Å². The van der Waals surface area contributed by atoms with Gasteiger partial charge in [-0.05, 0) is 81.0 Å². The highest BCUT2D eigenvalue weighted by atomic mass is 32.2. The summed E-state index contributed by atoms with van der Waals surface area (Å²) in [6, 6.07) is 11.4. The maximum atomic E-state index is 12.0. The minimum absolute atomic E-state index is 0.198. The highest BCUT2D eigenvalue weighted by Crippen LogP contribution is 2.46. The number of aryl methyl sites for hydroxylation is 2. The summed E-state index contributed by atoms with van der Waals surface area (Å²) >= 11 is 0. The summed E-state index contributed by atoms with van der Waals surface area (Å²) in [6.45, 7) is 3.62. The van der Waals surface area contributed by atoms with Crippen molar-refractivity contribution in [3.8, 4) is 6.07 Å². The highest BCUT2D eigenvalue weighted by molar-refractivity contribution is 7.86. The van der Waals surface area contributed by atoms with E-state index in [0.717, 1.165) is 11.1 Å². The molecule has 3 rings (SSSR count). The molecule has 178 valence electrons. The van der Waals surface area contributed by atoms with E-state index < -0.39 is 31.2 Å². The van der Waals surface area contributed by atoms with Gasteiger partial charge in [0.1, 0.15) is 5.54 Å². The number of nitriles is 1. The summed E-state index contributed by atoms with van der Waals surface area (Å²) in [5.74, 6) is 0. The second-order valence-corrected chi connectivity index (χ2v) is 12.1. The Hall–Kier alpha value is -2.29. The van der Waals surface area contributed by atoms with Crippen molar-refractivity contribution in [1.82, 2.24) is 0 Å². The highest BCUT2D eigenvalue weighted by Gasteiger charge is 2.42. The largest absolute Gasteiger partial charge is 0.313 e. The zero-order valence-electron chi connectivity index (χ0n) is 18.6. The number of nitrogens with zero attached hydrogens (tertiary/aromatic N) is 1. The lowest BCUT2D eigenvalue weighted by Crippen LogP contribution is -2.46. The monoisotopic (exact) mass is 492 g/mol. The maximum Gasteiger partial charge on any atom is 0.294 e. The van der Waals surface area contributed by atoms with E-state index in [9.17, 15) is 31.2 Å². The van der Waals surface area contributed by atoms with Crippen LogP contribution < -0.4 is 5.73 Å². The molecule has 0 amide bonds. The van der Waals surface area contributed by atoms with Gasteiger partial charge < -0.3 is 5.73 Å². The van der Waals surface area contributed by atoms with Crippen LogP contribution in [0.25, 0.3) is 0 Å². The van der Waals surface area contributed by atoms with Gasteiger partial charge in [-0.15, -0.1) is 0 Å². The van der Waals surface area contributed by atoms with Gasteiger partial charge in [0, 0.05) is 0 Å². The first kappa shape index (κ1) is 25.3. The first-order valence-corrected chi connectivity index (χ1v) is 13.4. The first-order chi connectivity index (χ1) is 15.2. The summed E-state index contributed by atoms with van der Waals surface area (Å²) in [6.07, 6.45) is 2.03. The van der Waals surface area contributed by atoms with Crippen molar-refractivity contribution in [3.63, 3.8) is 0 Å². The Morgan fingerprint density at radius 3 is 1.58 bits per heavy atom. The van der Waals surface area contributed by atoms with Crippen molar-refractivity contribution in [3.05, 3.63) is 58.7 Å². The lowest BCUT2D eigenvalue weighted by atomic mass is 9.63. The number of rotatable bonds is 6. The van der Waals surface area contributed by atoms with Gasteiger partial charge in [-0.2, -0.15) is 22.1 Å². The smallest absolute Gasteiger partial charge is 0.294 e. The Morgan fingerprint density at radius 2 is 1.24 bits per heavy atom. The molecular weight excluding hydrogens is 464 g/mol. The molecule has 33 heavy (non-hydrogen) atoms. The Kier molecular flexibility index (Phi) is 6.77. The van der Waals surface area contributed by atoms with Gasteiger partial charge in [0.2, 0.25) is 0 Å². The molecule has 0 bridgehead atoms. The lowest BCUT2D eigenvalue weighted by Gasteiger charge is -2.43. The molecule has 1 aliphatic rings. The molecule has 0 heterocycles. The molecule has 1 fully saturated rings. The van der Waals surface area contributed by atoms with Gasteiger partial charge in [-0.3, -0.25) is 9.11 Å². The van der Waals surface area contributed by atoms with Gasteiger partial charge >= 0.3 is 0 Å². The van der Waals surface area contributed by atoms with Crippen LogP contribution in [0, 0.1) is 30.6 Å². The summed E-state index contributed by atoms with van der Waals surface area (Å²) in [5, 5.41) is 9.47. The SMILES string of the molecule is Cc1ccc(S(=O)(=O)O)c(CC2(Cc3cc(C)ccc3S(=O)(=O)O)CCC(N)(C#N)CC2)c1. The maximum absolute atomic E-state index is 12.0. The van der Waals surface area contributed by atoms with Gasteiger partial charge in [0.25, 0.3) is 20.2 Å². The third-order valence-electron chi connectivity index (χ3n) is 6.54. The third-order valence-corrected chi connectivity index (χ3v) is 8.45. The van der Waals surface area contributed by atoms with Gasteiger partial charge in [-0.25, -0.2) is 0 Å². The number of hydrogen-bond acceptors (Lipinski definition) is 6. The molecule has 1 saturated carbocycles. The van der Waals surface area contributed by atoms with Gasteiger partial charge in [0.15, 0.2) is 0 Å². The number of nitrogens with two attached hydrogens (primary N) is 1. The van der Waals surface area contributed by atoms with Crippen LogP contribution in [-0.4, -0.2) is 31.5 Å². The van der Waals surface area contributed by atoms with Crippen molar-refractivity contribution in [2.24, 2.45) is 11.1 Å². The molecule has 0 radical (unpaired) electrons. The summed E-state index contributed by atoms with van der Waals surface area (Å²) in [7, 11) is -8.96. The summed E-state index contributed by atoms with van der Waals surface area (Å²) in [5.41, 5.74) is 6.98. The Morgan fingerprint density at radius 1 is 0.848 bits per heavy atom. The molecule has 2 aromatic rings. The Labute approximate surface area is 194 Å². The van der Waals surface area contributed by atoms with E-state index in [-0.39, 0.29) is 22.6 Å². The minimum Gasteiger partial charge on any atom is -0.313 e. The fourth-order valence-corrected chi connectivity index (χ4v) is 6.16. The van der Waals surface area contributed by atoms with E-state index in [4.69, 9.17) is 5.73 Å². The van der Waals surface area contributed by atoms with Crippen molar-refractivity contribution in [2.45, 2.75) is 67.7 Å². The average molecular weight is 493 g/mol. The van der Waals surface area contributed by atoms with Crippen LogP contribution in [0.1, 0.15) is 47.9 Å². The molecular formula is C23H28N2O6S2. The zero-order chi connectivity index (χ0) is 24.7. The van der Waals surface area contributed by atoms with Crippen molar-refractivity contribution in [2.75, 3.05) is 0 Å². The summed E-state index contributed by atoms with van der Waals surface area (Å²) in [4.78, 5) is -0.395. The zero-order valence-corrected chi connectivity index (χ0v) is 20.2. The van der Waals surface area contributed by atoms with Crippen LogP contribution >= 0.6 is 0 Å². The summed E-state index contributed by atoms with van der Waals surface area (Å²) < 4.78 is 67.7. The minimum atomic E-state index is -4.48. The molecule has 0 aliphatic heterocycles. The molecule has 0 unspecified atom stereocenters. The topological polar surface area (TPSA) is 159 Å². The van der Waals surface area contributed by atoms with E-state index in [2.05, 4.69) is 6.07 Å². The van der Waals surface area contributed by atoms with E-state index >= 15 is 0 Å². The van der Waals surface area contributed by atoms with Crippen LogP contribution in [0.3, 0.4) is 0 Å². The van der Waals surface area contributed by atoms with E-state index in [1.54, 1.807) is 24.3 Å². The van der Waals surface area contributed by atoms with Crippen molar-refractivity contribution >= 4 is 20.2 Å². The fraction of sp³-hybridized carbons (Fsp3) is 0.435. The van der Waals surface area contributed by atoms with E-state index in [1.807, 2.05) is 13.8 Å². The quantitative estimate of drug-likeness (QED) is 0.518. The Bertz CT molecular complexity index is 1230. The van der Waals surface area contributed by atoms with E-state index in [1.165, 1.54) is 12.1 Å². The normalized spacial score (nSPS) is 17.9. The third kappa shape index (κ3) is 5.80. The number of hydrogen-bond donors (Lipinski definition) is 3. The lowest BCUT2D eigenvalue weighted by molar-refractivity contribution is 0.148. The van der Waals surface area contributed by atoms with Crippen LogP contribution in [-0.2, 0) is 33.1 Å². The average Bonchev–Trinajstić information content (AvgIpc) is 2.69. The van der Waals surface area contributed by atoms with Crippen LogP contribution in [0.5, 0.6) is 0 Å². The van der Waals surface area contributed by atoms with E-state index in [0.29, 0.717) is 36.8 Å². The Balaban J connectivity index is 2.13. The second kappa shape index (κ2) is 8.81. The molecule has 8 nitrogen and oxygen atoms in total.